The van der Waals surface area contributed by atoms with Gasteiger partial charge in [-0.1, -0.05) is 43.7 Å². The minimum absolute atomic E-state index is 0.0822. The van der Waals surface area contributed by atoms with Gasteiger partial charge in [-0.3, -0.25) is 4.79 Å². The van der Waals surface area contributed by atoms with E-state index in [0.29, 0.717) is 11.7 Å². The van der Waals surface area contributed by atoms with Crippen molar-refractivity contribution in [3.8, 4) is 0 Å². The Balaban J connectivity index is 2.29. The van der Waals surface area contributed by atoms with Gasteiger partial charge >= 0.3 is 0 Å². The minimum Gasteiger partial charge on any atom is -0.349 e. The van der Waals surface area contributed by atoms with Gasteiger partial charge in [-0.05, 0) is 37.5 Å². The van der Waals surface area contributed by atoms with E-state index in [9.17, 15) is 4.79 Å². The molecule has 0 aliphatic carbocycles. The molecule has 0 fully saturated rings. The van der Waals surface area contributed by atoms with E-state index in [1.807, 2.05) is 6.92 Å². The molecule has 0 saturated carbocycles. The number of hydrogen-bond acceptors (Lipinski definition) is 2. The molecule has 0 aliphatic heterocycles. The Labute approximate surface area is 121 Å². The lowest BCUT2D eigenvalue weighted by molar-refractivity contribution is -0.119. The molecule has 0 radical (unpaired) electrons. The highest BCUT2D eigenvalue weighted by Gasteiger charge is 2.09. The van der Waals surface area contributed by atoms with Crippen LogP contribution in [0.5, 0.6) is 0 Å². The SMILES string of the molecule is Cc1ccc(C(C)NC(=O)CSCCC(C)C)cc1. The molecule has 1 aromatic carbocycles. The van der Waals surface area contributed by atoms with E-state index < -0.39 is 0 Å². The Kier molecular flexibility index (Phi) is 7.00. The van der Waals surface area contributed by atoms with Crippen LogP contribution in [0.25, 0.3) is 0 Å². The lowest BCUT2D eigenvalue weighted by Gasteiger charge is -2.14. The molecule has 0 aromatic heterocycles. The zero-order chi connectivity index (χ0) is 14.3. The average molecular weight is 279 g/mol. The van der Waals surface area contributed by atoms with Gasteiger partial charge in [0.2, 0.25) is 5.91 Å². The molecule has 106 valence electrons. The van der Waals surface area contributed by atoms with E-state index >= 15 is 0 Å². The van der Waals surface area contributed by atoms with Crippen LogP contribution < -0.4 is 5.32 Å². The number of carbonyl (C=O) groups excluding carboxylic acids is 1. The maximum Gasteiger partial charge on any atom is 0.230 e. The maximum absolute atomic E-state index is 11.8. The number of carbonyl (C=O) groups is 1. The molecule has 19 heavy (non-hydrogen) atoms. The molecular formula is C16H25NOS. The average Bonchev–Trinajstić information content (AvgIpc) is 2.35. The van der Waals surface area contributed by atoms with Crippen LogP contribution in [-0.2, 0) is 4.79 Å². The molecule has 1 N–H and O–H groups in total. The summed E-state index contributed by atoms with van der Waals surface area (Å²) in [6, 6.07) is 8.39. The molecule has 2 nitrogen and oxygen atoms in total. The Bertz CT molecular complexity index is 386. The molecule has 0 aliphatic rings. The van der Waals surface area contributed by atoms with Gasteiger partial charge < -0.3 is 5.32 Å². The predicted molar refractivity (Wildman–Crippen MR) is 84.5 cm³/mol. The summed E-state index contributed by atoms with van der Waals surface area (Å²) in [5.74, 6) is 2.45. The van der Waals surface area contributed by atoms with E-state index in [1.54, 1.807) is 11.8 Å². The van der Waals surface area contributed by atoms with E-state index in [1.165, 1.54) is 12.0 Å². The van der Waals surface area contributed by atoms with Crippen molar-refractivity contribution in [2.24, 2.45) is 5.92 Å². The summed E-state index contributed by atoms with van der Waals surface area (Å²) in [7, 11) is 0. The zero-order valence-electron chi connectivity index (χ0n) is 12.4. The second kappa shape index (κ2) is 8.26. The van der Waals surface area contributed by atoms with Crippen molar-refractivity contribution < 1.29 is 4.79 Å². The summed E-state index contributed by atoms with van der Waals surface area (Å²) >= 11 is 1.72. The number of rotatable bonds is 7. The van der Waals surface area contributed by atoms with Crippen molar-refractivity contribution in [2.75, 3.05) is 11.5 Å². The fraction of sp³-hybridized carbons (Fsp3) is 0.562. The molecular weight excluding hydrogens is 254 g/mol. The molecule has 1 aromatic rings. The smallest absolute Gasteiger partial charge is 0.230 e. The number of thioether (sulfide) groups is 1. The largest absolute Gasteiger partial charge is 0.349 e. The standard InChI is InChI=1S/C16H25NOS/c1-12(2)9-10-19-11-16(18)17-14(4)15-7-5-13(3)6-8-15/h5-8,12,14H,9-11H2,1-4H3,(H,17,18). The summed E-state index contributed by atoms with van der Waals surface area (Å²) in [6.07, 6.45) is 1.17. The number of hydrogen-bond donors (Lipinski definition) is 1. The molecule has 3 heteroatoms. The van der Waals surface area contributed by atoms with Gasteiger partial charge in [0.25, 0.3) is 0 Å². The number of benzene rings is 1. The monoisotopic (exact) mass is 279 g/mol. The zero-order valence-corrected chi connectivity index (χ0v) is 13.2. The van der Waals surface area contributed by atoms with Crippen LogP contribution in [-0.4, -0.2) is 17.4 Å². The van der Waals surface area contributed by atoms with Crippen molar-refractivity contribution in [2.45, 2.75) is 40.2 Å². The second-order valence-corrected chi connectivity index (χ2v) is 6.54. The topological polar surface area (TPSA) is 29.1 Å². The minimum atomic E-state index is 0.0822. The molecule has 0 spiro atoms. The van der Waals surface area contributed by atoms with E-state index in [-0.39, 0.29) is 11.9 Å². The first kappa shape index (κ1) is 16.1. The second-order valence-electron chi connectivity index (χ2n) is 5.43. The third-order valence-electron chi connectivity index (χ3n) is 3.03. The summed E-state index contributed by atoms with van der Waals surface area (Å²) in [5.41, 5.74) is 2.40. The number of aryl methyl sites for hydroxylation is 1. The normalized spacial score (nSPS) is 12.5. The van der Waals surface area contributed by atoms with Crippen molar-refractivity contribution in [1.29, 1.82) is 0 Å². The van der Waals surface area contributed by atoms with Crippen LogP contribution in [0.1, 0.15) is 44.4 Å². The predicted octanol–water partition coefficient (Wildman–Crippen LogP) is 3.95. The highest BCUT2D eigenvalue weighted by Crippen LogP contribution is 2.14. The highest BCUT2D eigenvalue weighted by atomic mass is 32.2. The summed E-state index contributed by atoms with van der Waals surface area (Å²) in [6.45, 7) is 8.51. The van der Waals surface area contributed by atoms with Crippen LogP contribution in [0.4, 0.5) is 0 Å². The summed E-state index contributed by atoms with van der Waals surface area (Å²) in [5, 5.41) is 3.04. The number of amides is 1. The van der Waals surface area contributed by atoms with Gasteiger partial charge in [-0.2, -0.15) is 11.8 Å². The lowest BCUT2D eigenvalue weighted by atomic mass is 10.1. The molecule has 1 amide bonds. The Morgan fingerprint density at radius 3 is 2.42 bits per heavy atom. The van der Waals surface area contributed by atoms with Crippen molar-refractivity contribution in [3.63, 3.8) is 0 Å². The van der Waals surface area contributed by atoms with Crippen LogP contribution in [0.15, 0.2) is 24.3 Å². The molecule has 1 rings (SSSR count). The number of nitrogens with one attached hydrogen (secondary N) is 1. The van der Waals surface area contributed by atoms with Crippen molar-refractivity contribution >= 4 is 17.7 Å². The van der Waals surface area contributed by atoms with Gasteiger partial charge in [-0.25, -0.2) is 0 Å². The van der Waals surface area contributed by atoms with Gasteiger partial charge in [0.15, 0.2) is 0 Å². The summed E-state index contributed by atoms with van der Waals surface area (Å²) in [4.78, 5) is 11.8. The first-order valence-electron chi connectivity index (χ1n) is 6.92. The van der Waals surface area contributed by atoms with Crippen molar-refractivity contribution in [1.82, 2.24) is 5.32 Å². The van der Waals surface area contributed by atoms with E-state index in [4.69, 9.17) is 0 Å². The van der Waals surface area contributed by atoms with E-state index in [0.717, 1.165) is 11.3 Å². The molecule has 0 bridgehead atoms. The fourth-order valence-electron chi connectivity index (χ4n) is 1.71. The maximum atomic E-state index is 11.8. The fourth-order valence-corrected chi connectivity index (χ4v) is 2.76. The van der Waals surface area contributed by atoms with Gasteiger partial charge in [0.1, 0.15) is 0 Å². The van der Waals surface area contributed by atoms with Crippen LogP contribution >= 0.6 is 11.8 Å². The van der Waals surface area contributed by atoms with Crippen molar-refractivity contribution in [3.05, 3.63) is 35.4 Å². The lowest BCUT2D eigenvalue weighted by Crippen LogP contribution is -2.28. The highest BCUT2D eigenvalue weighted by molar-refractivity contribution is 7.99. The Hall–Kier alpha value is -0.960. The van der Waals surface area contributed by atoms with Crippen LogP contribution in [0, 0.1) is 12.8 Å². The molecule has 1 unspecified atom stereocenters. The van der Waals surface area contributed by atoms with Gasteiger partial charge in [0, 0.05) is 0 Å². The Morgan fingerprint density at radius 1 is 1.21 bits per heavy atom. The first-order chi connectivity index (χ1) is 8.99. The first-order valence-corrected chi connectivity index (χ1v) is 8.08. The third kappa shape index (κ3) is 6.67. The van der Waals surface area contributed by atoms with E-state index in [2.05, 4.69) is 50.4 Å². The third-order valence-corrected chi connectivity index (χ3v) is 4.02. The quantitative estimate of drug-likeness (QED) is 0.766. The Morgan fingerprint density at radius 2 is 1.84 bits per heavy atom. The molecule has 0 heterocycles. The van der Waals surface area contributed by atoms with Crippen LogP contribution in [0.2, 0.25) is 0 Å². The molecule has 0 saturated heterocycles. The van der Waals surface area contributed by atoms with Gasteiger partial charge in [0.05, 0.1) is 11.8 Å². The van der Waals surface area contributed by atoms with Crippen LogP contribution in [0.3, 0.4) is 0 Å². The summed E-state index contributed by atoms with van der Waals surface area (Å²) < 4.78 is 0. The van der Waals surface area contributed by atoms with Gasteiger partial charge in [-0.15, -0.1) is 0 Å². The molecule has 1 atom stereocenters.